The third-order valence-corrected chi connectivity index (χ3v) is 4.00. The Hall–Kier alpha value is -1.77. The van der Waals surface area contributed by atoms with E-state index in [1.807, 2.05) is 30.3 Å². The number of halogens is 1. The van der Waals surface area contributed by atoms with Gasteiger partial charge in [-0.2, -0.15) is 5.26 Å². The molecule has 0 fully saturated rings. The van der Waals surface area contributed by atoms with E-state index in [0.29, 0.717) is 5.56 Å². The van der Waals surface area contributed by atoms with Crippen LogP contribution in [0.3, 0.4) is 0 Å². The highest BCUT2D eigenvalue weighted by Gasteiger charge is 2.09. The van der Waals surface area contributed by atoms with E-state index in [2.05, 4.69) is 15.9 Å². The van der Waals surface area contributed by atoms with Gasteiger partial charge in [-0.05, 0) is 42.5 Å². The van der Waals surface area contributed by atoms with Gasteiger partial charge in [0.05, 0.1) is 11.1 Å². The highest BCUT2D eigenvalue weighted by Crippen LogP contribution is 2.31. The molecular formula is C14H8BrNO2S. The molecule has 2 aromatic rings. The summed E-state index contributed by atoms with van der Waals surface area (Å²) in [5.41, 5.74) is 0.490. The Bertz CT molecular complexity index is 662. The van der Waals surface area contributed by atoms with Crippen LogP contribution < -0.4 is 0 Å². The topological polar surface area (TPSA) is 61.1 Å². The maximum atomic E-state index is 10.9. The van der Waals surface area contributed by atoms with Crippen molar-refractivity contribution in [2.24, 2.45) is 0 Å². The molecule has 94 valence electrons. The van der Waals surface area contributed by atoms with E-state index in [0.717, 1.165) is 14.3 Å². The first kappa shape index (κ1) is 13.7. The van der Waals surface area contributed by atoms with Gasteiger partial charge in [0.2, 0.25) is 0 Å². The van der Waals surface area contributed by atoms with E-state index in [9.17, 15) is 4.79 Å². The molecule has 0 aliphatic carbocycles. The number of carbonyl (C=O) groups is 1. The standard InChI is InChI=1S/C14H8BrNO2S/c15-11-2-4-12(5-3-11)19-13-6-1-9(14(17)18)7-10(13)8-16/h1-7H,(H,17,18). The summed E-state index contributed by atoms with van der Waals surface area (Å²) in [7, 11) is 0. The number of nitrogens with zero attached hydrogens (tertiary/aromatic N) is 1. The fourth-order valence-electron chi connectivity index (χ4n) is 1.47. The number of carboxylic acids is 1. The molecule has 0 saturated heterocycles. The van der Waals surface area contributed by atoms with Crippen LogP contribution in [0.5, 0.6) is 0 Å². The number of nitriles is 1. The van der Waals surface area contributed by atoms with Crippen molar-refractivity contribution >= 4 is 33.7 Å². The number of carboxylic acid groups (broad SMARTS) is 1. The zero-order valence-electron chi connectivity index (χ0n) is 9.63. The van der Waals surface area contributed by atoms with Crippen LogP contribution in [0, 0.1) is 11.3 Å². The van der Waals surface area contributed by atoms with E-state index in [1.165, 1.54) is 23.9 Å². The first-order valence-electron chi connectivity index (χ1n) is 5.31. The van der Waals surface area contributed by atoms with Gasteiger partial charge in [-0.3, -0.25) is 0 Å². The Balaban J connectivity index is 2.33. The number of benzene rings is 2. The van der Waals surface area contributed by atoms with Gasteiger partial charge < -0.3 is 5.11 Å². The first-order valence-corrected chi connectivity index (χ1v) is 6.92. The second-order valence-corrected chi connectivity index (χ2v) is 5.71. The zero-order valence-corrected chi connectivity index (χ0v) is 12.0. The predicted molar refractivity (Wildman–Crippen MR) is 76.4 cm³/mol. The van der Waals surface area contributed by atoms with Gasteiger partial charge in [-0.1, -0.05) is 27.7 Å². The second-order valence-electron chi connectivity index (χ2n) is 3.68. The van der Waals surface area contributed by atoms with Crippen molar-refractivity contribution in [2.45, 2.75) is 9.79 Å². The largest absolute Gasteiger partial charge is 0.478 e. The van der Waals surface area contributed by atoms with Crippen LogP contribution in [0.4, 0.5) is 0 Å². The summed E-state index contributed by atoms with van der Waals surface area (Å²) >= 11 is 4.79. The molecule has 3 nitrogen and oxygen atoms in total. The monoisotopic (exact) mass is 333 g/mol. The van der Waals surface area contributed by atoms with Crippen LogP contribution in [0.15, 0.2) is 56.7 Å². The molecule has 0 saturated carbocycles. The Morgan fingerprint density at radius 1 is 1.21 bits per heavy atom. The maximum absolute atomic E-state index is 10.9. The lowest BCUT2D eigenvalue weighted by Crippen LogP contribution is -1.97. The highest BCUT2D eigenvalue weighted by molar-refractivity contribution is 9.10. The fraction of sp³-hybridized carbons (Fsp3) is 0. The third kappa shape index (κ3) is 3.37. The summed E-state index contributed by atoms with van der Waals surface area (Å²) in [6.45, 7) is 0. The van der Waals surface area contributed by atoms with E-state index in [4.69, 9.17) is 10.4 Å². The van der Waals surface area contributed by atoms with Crippen molar-refractivity contribution in [3.63, 3.8) is 0 Å². The van der Waals surface area contributed by atoms with Crippen molar-refractivity contribution in [1.29, 1.82) is 5.26 Å². The Labute approximate surface area is 123 Å². The van der Waals surface area contributed by atoms with Crippen molar-refractivity contribution in [3.05, 3.63) is 58.1 Å². The Morgan fingerprint density at radius 2 is 1.89 bits per heavy atom. The average molecular weight is 334 g/mol. The smallest absolute Gasteiger partial charge is 0.335 e. The number of rotatable bonds is 3. The molecule has 0 bridgehead atoms. The molecule has 0 amide bonds. The zero-order chi connectivity index (χ0) is 13.8. The van der Waals surface area contributed by atoms with Gasteiger partial charge in [0.1, 0.15) is 6.07 Å². The third-order valence-electron chi connectivity index (χ3n) is 2.39. The van der Waals surface area contributed by atoms with Crippen molar-refractivity contribution in [3.8, 4) is 6.07 Å². The van der Waals surface area contributed by atoms with Gasteiger partial charge in [0.15, 0.2) is 0 Å². The molecule has 0 spiro atoms. The fourth-order valence-corrected chi connectivity index (χ4v) is 2.61. The minimum absolute atomic E-state index is 0.122. The van der Waals surface area contributed by atoms with E-state index in [-0.39, 0.29) is 5.56 Å². The molecule has 5 heteroatoms. The van der Waals surface area contributed by atoms with Crippen LogP contribution in [0.2, 0.25) is 0 Å². The molecule has 0 aliphatic heterocycles. The minimum atomic E-state index is -1.03. The highest BCUT2D eigenvalue weighted by atomic mass is 79.9. The summed E-state index contributed by atoms with van der Waals surface area (Å²) in [4.78, 5) is 12.6. The quantitative estimate of drug-likeness (QED) is 0.915. The van der Waals surface area contributed by atoms with Crippen LogP contribution in [-0.2, 0) is 0 Å². The summed E-state index contributed by atoms with van der Waals surface area (Å²) in [6.07, 6.45) is 0. The molecule has 2 rings (SSSR count). The van der Waals surface area contributed by atoms with Crippen LogP contribution in [0.25, 0.3) is 0 Å². The summed E-state index contributed by atoms with van der Waals surface area (Å²) in [5, 5.41) is 18.0. The first-order chi connectivity index (χ1) is 9.10. The molecule has 2 aromatic carbocycles. The molecule has 19 heavy (non-hydrogen) atoms. The minimum Gasteiger partial charge on any atom is -0.478 e. The molecule has 0 heterocycles. The second kappa shape index (κ2) is 5.91. The van der Waals surface area contributed by atoms with E-state index < -0.39 is 5.97 Å². The van der Waals surface area contributed by atoms with Crippen molar-refractivity contribution < 1.29 is 9.90 Å². The normalized spacial score (nSPS) is 9.89. The molecule has 0 atom stereocenters. The Morgan fingerprint density at radius 3 is 2.47 bits per heavy atom. The number of hydrogen-bond acceptors (Lipinski definition) is 3. The van der Waals surface area contributed by atoms with Gasteiger partial charge in [-0.15, -0.1) is 0 Å². The van der Waals surface area contributed by atoms with Gasteiger partial charge in [-0.25, -0.2) is 4.79 Å². The Kier molecular flexibility index (Phi) is 4.25. The van der Waals surface area contributed by atoms with Crippen LogP contribution >= 0.6 is 27.7 Å². The lowest BCUT2D eigenvalue weighted by Gasteiger charge is -2.05. The van der Waals surface area contributed by atoms with Gasteiger partial charge >= 0.3 is 5.97 Å². The average Bonchev–Trinajstić information content (AvgIpc) is 2.41. The summed E-state index contributed by atoms with van der Waals surface area (Å²) in [6, 6.07) is 14.3. The van der Waals surface area contributed by atoms with E-state index in [1.54, 1.807) is 6.07 Å². The molecular weight excluding hydrogens is 326 g/mol. The molecule has 0 unspecified atom stereocenters. The number of aromatic carboxylic acids is 1. The van der Waals surface area contributed by atoms with Crippen molar-refractivity contribution in [1.82, 2.24) is 0 Å². The molecule has 0 radical (unpaired) electrons. The van der Waals surface area contributed by atoms with Gasteiger partial charge in [0.25, 0.3) is 0 Å². The van der Waals surface area contributed by atoms with E-state index >= 15 is 0 Å². The van der Waals surface area contributed by atoms with Crippen LogP contribution in [-0.4, -0.2) is 11.1 Å². The summed E-state index contributed by atoms with van der Waals surface area (Å²) in [5.74, 6) is -1.03. The molecule has 0 aliphatic rings. The number of hydrogen-bond donors (Lipinski definition) is 1. The lowest BCUT2D eigenvalue weighted by molar-refractivity contribution is 0.0697. The van der Waals surface area contributed by atoms with Gasteiger partial charge in [0, 0.05) is 14.3 Å². The van der Waals surface area contributed by atoms with Crippen LogP contribution in [0.1, 0.15) is 15.9 Å². The maximum Gasteiger partial charge on any atom is 0.335 e. The SMILES string of the molecule is N#Cc1cc(C(=O)O)ccc1Sc1ccc(Br)cc1. The van der Waals surface area contributed by atoms with Crippen molar-refractivity contribution in [2.75, 3.05) is 0 Å². The summed E-state index contributed by atoms with van der Waals surface area (Å²) < 4.78 is 0.985. The molecule has 0 aromatic heterocycles. The molecule has 1 N–H and O–H groups in total. The predicted octanol–water partition coefficient (Wildman–Crippen LogP) is 4.17. The lowest BCUT2D eigenvalue weighted by atomic mass is 10.1.